The zero-order chi connectivity index (χ0) is 29.2. The smallest absolute Gasteiger partial charge is 0.430 e. The first-order valence-electron chi connectivity index (χ1n) is 12.1. The number of hydrogen-bond donors (Lipinski definition) is 3. The van der Waals surface area contributed by atoms with Crippen molar-refractivity contribution < 1.29 is 46.4 Å². The van der Waals surface area contributed by atoms with Crippen molar-refractivity contribution in [2.24, 2.45) is 5.41 Å². The maximum absolute atomic E-state index is 14.3. The Balaban J connectivity index is 2.35. The summed E-state index contributed by atoms with van der Waals surface area (Å²) in [7, 11) is 0. The molecule has 0 aliphatic carbocycles. The Morgan fingerprint density at radius 3 is 1.79 bits per heavy atom. The lowest BCUT2D eigenvalue weighted by Gasteiger charge is -2.36. The van der Waals surface area contributed by atoms with Gasteiger partial charge in [0.1, 0.15) is 12.4 Å². The van der Waals surface area contributed by atoms with Crippen LogP contribution in [0.2, 0.25) is 0 Å². The van der Waals surface area contributed by atoms with Crippen LogP contribution in [0.4, 0.5) is 26.3 Å². The van der Waals surface area contributed by atoms with E-state index in [1.54, 1.807) is 26.8 Å². The minimum Gasteiger partial charge on any atom is -0.488 e. The minimum absolute atomic E-state index is 0.0291. The van der Waals surface area contributed by atoms with Crippen LogP contribution < -0.4 is 4.74 Å². The summed E-state index contributed by atoms with van der Waals surface area (Å²) in [6.45, 7) is 4.01. The lowest BCUT2D eigenvalue weighted by Crippen LogP contribution is -2.54. The molecule has 212 valence electrons. The second-order valence-corrected chi connectivity index (χ2v) is 10.5. The van der Waals surface area contributed by atoms with E-state index in [1.165, 1.54) is 48.5 Å². The molecule has 39 heavy (non-hydrogen) atoms. The molecule has 0 amide bonds. The van der Waals surface area contributed by atoms with Gasteiger partial charge in [0.05, 0.1) is 18.8 Å². The number of aliphatic hydroxyl groups excluding tert-OH is 2. The van der Waals surface area contributed by atoms with Gasteiger partial charge < -0.3 is 20.1 Å². The molecule has 0 aliphatic heterocycles. The van der Waals surface area contributed by atoms with Gasteiger partial charge in [-0.3, -0.25) is 0 Å². The molecule has 3 rings (SSSR count). The van der Waals surface area contributed by atoms with Gasteiger partial charge in [-0.05, 0) is 51.3 Å². The van der Waals surface area contributed by atoms with Crippen LogP contribution in [-0.2, 0) is 31.8 Å². The van der Waals surface area contributed by atoms with E-state index >= 15 is 0 Å². The molecule has 0 unspecified atom stereocenters. The maximum Gasteiger partial charge on any atom is 0.430 e. The summed E-state index contributed by atoms with van der Waals surface area (Å²) in [6.07, 6.45) is -12.2. The van der Waals surface area contributed by atoms with Crippen molar-refractivity contribution in [3.05, 3.63) is 88.5 Å². The van der Waals surface area contributed by atoms with E-state index in [0.717, 1.165) is 6.07 Å². The monoisotopic (exact) mass is 556 g/mol. The number of aliphatic hydroxyl groups is 3. The first kappa shape index (κ1) is 30.5. The summed E-state index contributed by atoms with van der Waals surface area (Å²) in [5.41, 5.74) is -6.58. The highest BCUT2D eigenvalue weighted by molar-refractivity contribution is 5.73. The molecule has 0 aromatic heterocycles. The molecule has 0 atom stereocenters. The standard InChI is InChI=1S/C29H30F6O4/c1-26(2,3)14-20-11-12-23(19-7-5-4-6-8-19)24(27(38,28(30,31)32)29(33,34)35)25(20)39-17-18-9-10-21(15-36)22(13-18)16-37/h4-13,36-38H,14-17H2,1-3H3. The predicted molar refractivity (Wildman–Crippen MR) is 134 cm³/mol. The molecule has 0 saturated heterocycles. The number of ether oxygens (including phenoxy) is 1. The molecule has 0 saturated carbocycles. The van der Waals surface area contributed by atoms with Crippen molar-refractivity contribution in [2.75, 3.05) is 0 Å². The third kappa shape index (κ3) is 6.40. The molecule has 10 heteroatoms. The number of benzene rings is 3. The molecule has 3 aromatic rings. The topological polar surface area (TPSA) is 69.9 Å². The summed E-state index contributed by atoms with van der Waals surface area (Å²) in [4.78, 5) is 0. The summed E-state index contributed by atoms with van der Waals surface area (Å²) in [5.74, 6) is -0.722. The highest BCUT2D eigenvalue weighted by atomic mass is 19.4. The Morgan fingerprint density at radius 2 is 1.28 bits per heavy atom. The van der Waals surface area contributed by atoms with Gasteiger partial charge in [-0.15, -0.1) is 0 Å². The number of hydrogen-bond acceptors (Lipinski definition) is 4. The zero-order valence-electron chi connectivity index (χ0n) is 21.6. The molecule has 0 spiro atoms. The largest absolute Gasteiger partial charge is 0.488 e. The molecule has 0 fully saturated rings. The predicted octanol–water partition coefficient (Wildman–Crippen LogP) is 6.82. The lowest BCUT2D eigenvalue weighted by atomic mass is 9.80. The first-order chi connectivity index (χ1) is 18.0. The molecule has 3 N–H and O–H groups in total. The Bertz CT molecular complexity index is 1260. The summed E-state index contributed by atoms with van der Waals surface area (Å²) in [6, 6.07) is 14.1. The van der Waals surface area contributed by atoms with Gasteiger partial charge in [-0.25, -0.2) is 0 Å². The average molecular weight is 557 g/mol. The van der Waals surface area contributed by atoms with E-state index in [-0.39, 0.29) is 24.2 Å². The van der Waals surface area contributed by atoms with Crippen molar-refractivity contribution >= 4 is 0 Å². The molecule has 3 aromatic carbocycles. The molecule has 4 nitrogen and oxygen atoms in total. The van der Waals surface area contributed by atoms with Gasteiger partial charge in [-0.2, -0.15) is 26.3 Å². The second-order valence-electron chi connectivity index (χ2n) is 10.5. The molecular formula is C29H30F6O4. The van der Waals surface area contributed by atoms with Gasteiger partial charge >= 0.3 is 12.4 Å². The van der Waals surface area contributed by atoms with E-state index in [2.05, 4.69) is 0 Å². The SMILES string of the molecule is CC(C)(C)Cc1ccc(-c2ccccc2)c(C(O)(C(F)(F)F)C(F)(F)F)c1OCc1ccc(CO)c(CO)c1. The maximum atomic E-state index is 14.3. The third-order valence-electron chi connectivity index (χ3n) is 6.22. The van der Waals surface area contributed by atoms with Crippen LogP contribution in [0.1, 0.15) is 48.6 Å². The number of alkyl halides is 6. The Labute approximate surface area is 222 Å². The van der Waals surface area contributed by atoms with Crippen molar-refractivity contribution in [3.63, 3.8) is 0 Å². The minimum atomic E-state index is -6.14. The van der Waals surface area contributed by atoms with Crippen LogP contribution in [0, 0.1) is 5.41 Å². The Morgan fingerprint density at radius 1 is 0.718 bits per heavy atom. The fourth-order valence-corrected chi connectivity index (χ4v) is 4.39. The summed E-state index contributed by atoms with van der Waals surface area (Å²) < 4.78 is 91.6. The number of halogens is 6. The lowest BCUT2D eigenvalue weighted by molar-refractivity contribution is -0.376. The normalized spacial score (nSPS) is 13.0. The van der Waals surface area contributed by atoms with Crippen molar-refractivity contribution in [1.82, 2.24) is 0 Å². The Kier molecular flexibility index (Phi) is 8.74. The van der Waals surface area contributed by atoms with Crippen LogP contribution in [0.25, 0.3) is 11.1 Å². The van der Waals surface area contributed by atoms with Gasteiger partial charge in [0.2, 0.25) is 0 Å². The van der Waals surface area contributed by atoms with Gasteiger partial charge in [0.25, 0.3) is 5.60 Å². The Hall–Kier alpha value is -3.08. The molecule has 0 bridgehead atoms. The summed E-state index contributed by atoms with van der Waals surface area (Å²) in [5, 5.41) is 29.7. The van der Waals surface area contributed by atoms with Crippen molar-refractivity contribution in [2.45, 2.75) is 65.0 Å². The van der Waals surface area contributed by atoms with Gasteiger partial charge in [0, 0.05) is 0 Å². The van der Waals surface area contributed by atoms with Crippen molar-refractivity contribution in [3.8, 4) is 16.9 Å². The van der Waals surface area contributed by atoms with E-state index < -0.39 is 53.5 Å². The molecular weight excluding hydrogens is 526 g/mol. The van der Waals surface area contributed by atoms with E-state index in [1.807, 2.05) is 0 Å². The van der Waals surface area contributed by atoms with E-state index in [4.69, 9.17) is 4.74 Å². The summed E-state index contributed by atoms with van der Waals surface area (Å²) >= 11 is 0. The van der Waals surface area contributed by atoms with E-state index in [9.17, 15) is 41.7 Å². The van der Waals surface area contributed by atoms with Crippen LogP contribution in [-0.4, -0.2) is 27.7 Å². The van der Waals surface area contributed by atoms with Crippen LogP contribution >= 0.6 is 0 Å². The van der Waals surface area contributed by atoms with Gasteiger partial charge in [0.15, 0.2) is 0 Å². The van der Waals surface area contributed by atoms with Gasteiger partial charge in [-0.1, -0.05) is 75.4 Å². The van der Waals surface area contributed by atoms with Crippen LogP contribution in [0.15, 0.2) is 60.7 Å². The second kappa shape index (κ2) is 11.2. The molecule has 0 radical (unpaired) electrons. The molecule has 0 heterocycles. The molecule has 0 aliphatic rings. The van der Waals surface area contributed by atoms with Crippen molar-refractivity contribution in [1.29, 1.82) is 0 Å². The van der Waals surface area contributed by atoms with E-state index in [0.29, 0.717) is 16.7 Å². The van der Waals surface area contributed by atoms with Crippen LogP contribution in [0.5, 0.6) is 5.75 Å². The van der Waals surface area contributed by atoms with Crippen LogP contribution in [0.3, 0.4) is 0 Å². The average Bonchev–Trinajstić information content (AvgIpc) is 2.85. The highest BCUT2D eigenvalue weighted by Gasteiger charge is 2.73. The fraction of sp³-hybridized carbons (Fsp3) is 0.379. The fourth-order valence-electron chi connectivity index (χ4n) is 4.39. The first-order valence-corrected chi connectivity index (χ1v) is 12.1. The zero-order valence-corrected chi connectivity index (χ0v) is 21.6. The number of rotatable bonds is 8. The quantitative estimate of drug-likeness (QED) is 0.267. The highest BCUT2D eigenvalue weighted by Crippen LogP contribution is 2.56. The third-order valence-corrected chi connectivity index (χ3v) is 6.22.